The Morgan fingerprint density at radius 1 is 1.20 bits per heavy atom. The predicted molar refractivity (Wildman–Crippen MR) is 92.9 cm³/mol. The first-order valence-corrected chi connectivity index (χ1v) is 8.69. The molecule has 0 spiro atoms. The lowest BCUT2D eigenvalue weighted by Gasteiger charge is -2.31. The first kappa shape index (κ1) is 17.9. The summed E-state index contributed by atoms with van der Waals surface area (Å²) in [4.78, 5) is 2.49. The summed E-state index contributed by atoms with van der Waals surface area (Å²) in [6.45, 7) is 4.59. The fourth-order valence-electron chi connectivity index (χ4n) is 3.95. The Morgan fingerprint density at radius 2 is 1.88 bits per heavy atom. The van der Waals surface area contributed by atoms with Gasteiger partial charge in [0.05, 0.1) is 5.69 Å². The van der Waals surface area contributed by atoms with Crippen molar-refractivity contribution in [3.63, 3.8) is 0 Å². The third-order valence-corrected chi connectivity index (χ3v) is 5.28. The molecule has 0 N–H and O–H groups in total. The second-order valence-electron chi connectivity index (χ2n) is 6.73. The van der Waals surface area contributed by atoms with Crippen LogP contribution in [0.25, 0.3) is 0 Å². The topological polar surface area (TPSA) is 30.3 Å². The van der Waals surface area contributed by atoms with Crippen molar-refractivity contribution in [2.45, 2.75) is 52.3 Å². The largest absolute Gasteiger partial charge is 0.435 e. The standard InChI is InChI=1S/C19H25F2N3O/c1-12-18(14(3)23(4)22-12)17-6-5-11-24(17)13(2)15-7-9-16(10-8-15)25-19(20)21/h7-10,13,17,19H,5-6,11H2,1-4H3. The van der Waals surface area contributed by atoms with Gasteiger partial charge in [-0.3, -0.25) is 9.58 Å². The van der Waals surface area contributed by atoms with Gasteiger partial charge in [-0.25, -0.2) is 0 Å². The number of halogens is 2. The molecule has 0 saturated carbocycles. The third kappa shape index (κ3) is 3.54. The monoisotopic (exact) mass is 349 g/mol. The number of likely N-dealkylation sites (tertiary alicyclic amines) is 1. The molecule has 0 bridgehead atoms. The number of ether oxygens (including phenoxy) is 1. The van der Waals surface area contributed by atoms with Gasteiger partial charge in [-0.05, 0) is 57.9 Å². The van der Waals surface area contributed by atoms with Crippen LogP contribution in [-0.4, -0.2) is 27.8 Å². The molecule has 4 nitrogen and oxygen atoms in total. The van der Waals surface area contributed by atoms with E-state index < -0.39 is 6.61 Å². The van der Waals surface area contributed by atoms with Gasteiger partial charge in [-0.2, -0.15) is 13.9 Å². The molecule has 2 heterocycles. The molecule has 1 aromatic heterocycles. The van der Waals surface area contributed by atoms with Crippen molar-refractivity contribution >= 4 is 0 Å². The van der Waals surface area contributed by atoms with E-state index in [0.717, 1.165) is 30.6 Å². The fourth-order valence-corrected chi connectivity index (χ4v) is 3.95. The number of rotatable bonds is 5. The molecule has 0 aliphatic carbocycles. The van der Waals surface area contributed by atoms with Crippen LogP contribution >= 0.6 is 0 Å². The molecule has 3 rings (SSSR count). The average Bonchev–Trinajstić information content (AvgIpc) is 3.12. The van der Waals surface area contributed by atoms with Crippen LogP contribution < -0.4 is 4.74 Å². The average molecular weight is 349 g/mol. The second-order valence-corrected chi connectivity index (χ2v) is 6.73. The number of aromatic nitrogens is 2. The molecule has 2 atom stereocenters. The molecule has 1 aromatic carbocycles. The van der Waals surface area contributed by atoms with Crippen LogP contribution in [0.3, 0.4) is 0 Å². The van der Waals surface area contributed by atoms with Crippen molar-refractivity contribution in [2.75, 3.05) is 6.54 Å². The van der Waals surface area contributed by atoms with Crippen molar-refractivity contribution in [2.24, 2.45) is 7.05 Å². The summed E-state index contributed by atoms with van der Waals surface area (Å²) in [5, 5.41) is 4.56. The van der Waals surface area contributed by atoms with Gasteiger partial charge in [-0.15, -0.1) is 0 Å². The number of hydrogen-bond acceptors (Lipinski definition) is 3. The van der Waals surface area contributed by atoms with Gasteiger partial charge < -0.3 is 4.74 Å². The molecule has 25 heavy (non-hydrogen) atoms. The van der Waals surface area contributed by atoms with Crippen LogP contribution in [0.2, 0.25) is 0 Å². The van der Waals surface area contributed by atoms with Gasteiger partial charge in [0.15, 0.2) is 0 Å². The molecule has 2 aromatic rings. The van der Waals surface area contributed by atoms with Crippen molar-refractivity contribution in [3.05, 3.63) is 46.8 Å². The minimum atomic E-state index is -2.79. The minimum Gasteiger partial charge on any atom is -0.435 e. The van der Waals surface area contributed by atoms with Gasteiger partial charge >= 0.3 is 6.61 Å². The Bertz CT molecular complexity index is 727. The SMILES string of the molecule is Cc1nn(C)c(C)c1C1CCCN1C(C)c1ccc(OC(F)F)cc1. The van der Waals surface area contributed by atoms with E-state index >= 15 is 0 Å². The predicted octanol–water partition coefficient (Wildman–Crippen LogP) is 4.54. The molecule has 1 aliphatic rings. The molecule has 0 amide bonds. The lowest BCUT2D eigenvalue weighted by atomic mass is 9.99. The highest BCUT2D eigenvalue weighted by Crippen LogP contribution is 2.40. The molecular formula is C19H25F2N3O. The maximum absolute atomic E-state index is 12.3. The molecular weight excluding hydrogens is 324 g/mol. The summed E-state index contributed by atoms with van der Waals surface area (Å²) in [7, 11) is 1.98. The minimum absolute atomic E-state index is 0.197. The summed E-state index contributed by atoms with van der Waals surface area (Å²) >= 11 is 0. The summed E-state index contributed by atoms with van der Waals surface area (Å²) in [6.07, 6.45) is 2.26. The highest BCUT2D eigenvalue weighted by atomic mass is 19.3. The third-order valence-electron chi connectivity index (χ3n) is 5.28. The van der Waals surface area contributed by atoms with E-state index in [0.29, 0.717) is 6.04 Å². The quantitative estimate of drug-likeness (QED) is 0.794. The van der Waals surface area contributed by atoms with Crippen LogP contribution in [-0.2, 0) is 7.05 Å². The number of aryl methyl sites for hydroxylation is 2. The molecule has 1 saturated heterocycles. The summed E-state index contributed by atoms with van der Waals surface area (Å²) in [6, 6.07) is 7.53. The first-order chi connectivity index (χ1) is 11.9. The van der Waals surface area contributed by atoms with Crippen LogP contribution in [0.4, 0.5) is 8.78 Å². The first-order valence-electron chi connectivity index (χ1n) is 8.69. The Kier molecular flexibility index (Phi) is 5.08. The molecule has 6 heteroatoms. The molecule has 2 unspecified atom stereocenters. The molecule has 0 radical (unpaired) electrons. The highest BCUT2D eigenvalue weighted by molar-refractivity contribution is 5.32. The Morgan fingerprint density at radius 3 is 2.44 bits per heavy atom. The van der Waals surface area contributed by atoms with E-state index in [2.05, 4.69) is 35.5 Å². The van der Waals surface area contributed by atoms with E-state index in [-0.39, 0.29) is 11.8 Å². The zero-order chi connectivity index (χ0) is 18.1. The van der Waals surface area contributed by atoms with E-state index in [9.17, 15) is 8.78 Å². The fraction of sp³-hybridized carbons (Fsp3) is 0.526. The second kappa shape index (κ2) is 7.12. The van der Waals surface area contributed by atoms with E-state index in [1.165, 1.54) is 11.3 Å². The maximum atomic E-state index is 12.3. The van der Waals surface area contributed by atoms with Crippen molar-refractivity contribution in [3.8, 4) is 5.75 Å². The van der Waals surface area contributed by atoms with Crippen LogP contribution in [0, 0.1) is 13.8 Å². The van der Waals surface area contributed by atoms with Gasteiger partial charge in [0.2, 0.25) is 0 Å². The summed E-state index contributed by atoms with van der Waals surface area (Å²) in [5.74, 6) is 0.197. The van der Waals surface area contributed by atoms with Gasteiger partial charge in [0.25, 0.3) is 0 Å². The highest BCUT2D eigenvalue weighted by Gasteiger charge is 2.33. The normalized spacial score (nSPS) is 19.6. The lowest BCUT2D eigenvalue weighted by Crippen LogP contribution is -2.27. The molecule has 1 aliphatic heterocycles. The van der Waals surface area contributed by atoms with Crippen LogP contribution in [0.5, 0.6) is 5.75 Å². The Hall–Kier alpha value is -1.95. The zero-order valence-corrected chi connectivity index (χ0v) is 15.2. The number of hydrogen-bond donors (Lipinski definition) is 0. The van der Waals surface area contributed by atoms with Crippen molar-refractivity contribution < 1.29 is 13.5 Å². The smallest absolute Gasteiger partial charge is 0.387 e. The Balaban J connectivity index is 1.82. The van der Waals surface area contributed by atoms with Crippen molar-refractivity contribution in [1.29, 1.82) is 0 Å². The number of alkyl halides is 2. The summed E-state index contributed by atoms with van der Waals surface area (Å²) < 4.78 is 31.0. The van der Waals surface area contributed by atoms with Crippen molar-refractivity contribution in [1.82, 2.24) is 14.7 Å². The van der Waals surface area contributed by atoms with E-state index in [4.69, 9.17) is 0 Å². The Labute approximate surface area is 147 Å². The van der Waals surface area contributed by atoms with Crippen LogP contribution in [0.1, 0.15) is 54.4 Å². The van der Waals surface area contributed by atoms with Gasteiger partial charge in [-0.1, -0.05) is 12.1 Å². The van der Waals surface area contributed by atoms with E-state index in [1.807, 2.05) is 23.9 Å². The number of nitrogens with zero attached hydrogens (tertiary/aromatic N) is 3. The molecule has 136 valence electrons. The maximum Gasteiger partial charge on any atom is 0.387 e. The zero-order valence-electron chi connectivity index (χ0n) is 15.2. The number of benzene rings is 1. The van der Waals surface area contributed by atoms with Crippen LogP contribution in [0.15, 0.2) is 24.3 Å². The van der Waals surface area contributed by atoms with Gasteiger partial charge in [0.1, 0.15) is 5.75 Å². The van der Waals surface area contributed by atoms with E-state index in [1.54, 1.807) is 12.1 Å². The molecule has 1 fully saturated rings. The summed E-state index contributed by atoms with van der Waals surface area (Å²) in [5.41, 5.74) is 4.73. The lowest BCUT2D eigenvalue weighted by molar-refractivity contribution is -0.0498. The van der Waals surface area contributed by atoms with Gasteiger partial charge in [0, 0.05) is 30.4 Å².